The molecule has 0 aliphatic heterocycles. The smallest absolute Gasteiger partial charge is 0.333 e. The number of nitrogens with one attached hydrogen (secondary N) is 2. The highest BCUT2D eigenvalue weighted by molar-refractivity contribution is 5.96. The highest BCUT2D eigenvalue weighted by Crippen LogP contribution is 2.26. The number of anilines is 3. The van der Waals surface area contributed by atoms with E-state index in [1.54, 1.807) is 18.2 Å². The third-order valence-electron chi connectivity index (χ3n) is 3.95. The third-order valence-corrected chi connectivity index (χ3v) is 3.95. The van der Waals surface area contributed by atoms with Gasteiger partial charge in [0.2, 0.25) is 0 Å². The maximum absolute atomic E-state index is 12.3. The van der Waals surface area contributed by atoms with Crippen molar-refractivity contribution in [2.75, 3.05) is 24.0 Å². The zero-order valence-electron chi connectivity index (χ0n) is 15.3. The molecule has 8 nitrogen and oxygen atoms in total. The third kappa shape index (κ3) is 4.57. The van der Waals surface area contributed by atoms with Crippen LogP contribution in [0.1, 0.15) is 5.56 Å². The number of benzene rings is 2. The molecule has 0 atom stereocenters. The van der Waals surface area contributed by atoms with Crippen LogP contribution < -0.4 is 10.6 Å². The Kier molecular flexibility index (Phi) is 5.85. The van der Waals surface area contributed by atoms with E-state index in [1.165, 1.54) is 6.33 Å². The number of hydrogen-bond donors (Lipinski definition) is 2. The van der Waals surface area contributed by atoms with E-state index in [0.717, 1.165) is 16.2 Å². The average molecular weight is 381 g/mol. The molecule has 0 aliphatic rings. The molecule has 0 saturated carbocycles. The Morgan fingerprint density at radius 3 is 2.62 bits per heavy atom. The molecule has 1 heterocycles. The molecule has 0 bridgehead atoms. The topological polar surface area (TPSA) is 78.9 Å². The first-order chi connectivity index (χ1) is 14.1. The lowest BCUT2D eigenvalue weighted by Crippen LogP contribution is -2.34. The number of carbonyl (C=O) groups excluding carboxylic acids is 1. The van der Waals surface area contributed by atoms with Gasteiger partial charge in [-0.05, 0) is 36.4 Å². The van der Waals surface area contributed by atoms with Gasteiger partial charge in [0.05, 0.1) is 5.52 Å². The molecular weight excluding hydrogens is 366 g/mol. The van der Waals surface area contributed by atoms with Crippen LogP contribution in [0, 0.1) is 25.5 Å². The number of amides is 2. The fourth-order valence-corrected chi connectivity index (χ4v) is 2.60. The van der Waals surface area contributed by atoms with E-state index in [1.807, 2.05) is 24.3 Å². The van der Waals surface area contributed by atoms with Crippen molar-refractivity contribution in [3.05, 3.63) is 77.2 Å². The van der Waals surface area contributed by atoms with Crippen molar-refractivity contribution < 1.29 is 4.79 Å². The molecule has 0 aliphatic carbocycles. The number of urea groups is 1. The molecule has 0 radical (unpaired) electrons. The summed E-state index contributed by atoms with van der Waals surface area (Å²) in [5, 5.41) is 6.61. The van der Waals surface area contributed by atoms with Crippen LogP contribution in [-0.4, -0.2) is 34.2 Å². The van der Waals surface area contributed by atoms with Gasteiger partial charge in [0.1, 0.15) is 12.1 Å². The van der Waals surface area contributed by atoms with Crippen molar-refractivity contribution in [3.8, 4) is 12.3 Å². The molecule has 0 spiro atoms. The molecule has 0 fully saturated rings. The van der Waals surface area contributed by atoms with Gasteiger partial charge in [-0.25, -0.2) is 27.9 Å². The molecular formula is C21H15N7O. The lowest BCUT2D eigenvalue weighted by molar-refractivity contribution is 0.221. The summed E-state index contributed by atoms with van der Waals surface area (Å²) in [6, 6.07) is 12.0. The number of nitrogens with zero attached hydrogens (tertiary/aromatic N) is 5. The first-order valence-corrected chi connectivity index (χ1v) is 8.45. The van der Waals surface area contributed by atoms with Gasteiger partial charge in [0, 0.05) is 22.3 Å². The summed E-state index contributed by atoms with van der Waals surface area (Å²) >= 11 is 0. The number of rotatable bonds is 5. The van der Waals surface area contributed by atoms with Crippen molar-refractivity contribution in [1.29, 1.82) is 0 Å². The van der Waals surface area contributed by atoms with Gasteiger partial charge in [-0.1, -0.05) is 12.0 Å². The fraction of sp³-hybridized carbons (Fsp3) is 0.0952. The molecule has 2 N–H and O–H groups in total. The summed E-state index contributed by atoms with van der Waals surface area (Å²) in [6.45, 7) is 13.5. The zero-order valence-corrected chi connectivity index (χ0v) is 15.3. The van der Waals surface area contributed by atoms with Gasteiger partial charge in [0.25, 0.3) is 13.3 Å². The summed E-state index contributed by atoms with van der Waals surface area (Å²) in [5.74, 6) is 3.14. The van der Waals surface area contributed by atoms with Crippen molar-refractivity contribution in [2.24, 2.45) is 0 Å². The Morgan fingerprint density at radius 1 is 1.10 bits per heavy atom. The Balaban J connectivity index is 1.90. The minimum Gasteiger partial charge on any atom is -0.340 e. The zero-order chi connectivity index (χ0) is 20.6. The number of fused-ring (bicyclic) bond motifs is 1. The van der Waals surface area contributed by atoms with Crippen LogP contribution in [0.25, 0.3) is 20.6 Å². The van der Waals surface area contributed by atoms with Crippen LogP contribution in [0.4, 0.5) is 22.0 Å². The van der Waals surface area contributed by atoms with E-state index >= 15 is 0 Å². The molecule has 0 saturated heterocycles. The molecule has 2 amide bonds. The first kappa shape index (κ1) is 19.2. The van der Waals surface area contributed by atoms with Gasteiger partial charge < -0.3 is 10.6 Å². The molecule has 0 unspecified atom stereocenters. The second-order valence-electron chi connectivity index (χ2n) is 5.87. The maximum Gasteiger partial charge on any atom is 0.333 e. The number of terminal acetylenes is 1. The maximum atomic E-state index is 12.3. The van der Waals surface area contributed by atoms with Crippen molar-refractivity contribution in [1.82, 2.24) is 14.9 Å². The van der Waals surface area contributed by atoms with E-state index < -0.39 is 6.03 Å². The minimum atomic E-state index is -0.524. The second kappa shape index (κ2) is 8.85. The number of carbonyl (C=O) groups is 1. The van der Waals surface area contributed by atoms with E-state index in [9.17, 15) is 4.79 Å². The molecule has 29 heavy (non-hydrogen) atoms. The lowest BCUT2D eigenvalue weighted by Gasteiger charge is -2.13. The van der Waals surface area contributed by atoms with Crippen LogP contribution in [0.3, 0.4) is 0 Å². The summed E-state index contributed by atoms with van der Waals surface area (Å²) in [5.41, 5.74) is 2.70. The number of hydrogen-bond acceptors (Lipinski definition) is 4. The molecule has 140 valence electrons. The second-order valence-corrected chi connectivity index (χ2v) is 5.87. The van der Waals surface area contributed by atoms with Gasteiger partial charge in [-0.15, -0.1) is 6.42 Å². The predicted molar refractivity (Wildman–Crippen MR) is 111 cm³/mol. The lowest BCUT2D eigenvalue weighted by atomic mass is 10.2. The molecule has 1 aromatic heterocycles. The Hall–Kier alpha value is -4.61. The monoisotopic (exact) mass is 381 g/mol. The highest BCUT2D eigenvalue weighted by Gasteiger charge is 2.18. The number of aromatic nitrogens is 2. The van der Waals surface area contributed by atoms with Gasteiger partial charge in [-0.3, -0.25) is 9.69 Å². The quantitative estimate of drug-likeness (QED) is 0.518. The van der Waals surface area contributed by atoms with Gasteiger partial charge >= 0.3 is 6.03 Å². The van der Waals surface area contributed by atoms with Crippen LogP contribution in [-0.2, 0) is 0 Å². The van der Waals surface area contributed by atoms with Gasteiger partial charge in [-0.2, -0.15) is 4.90 Å². The summed E-state index contributed by atoms with van der Waals surface area (Å²) in [7, 11) is 0. The fourth-order valence-electron chi connectivity index (χ4n) is 2.60. The summed E-state index contributed by atoms with van der Waals surface area (Å²) < 4.78 is 0. The van der Waals surface area contributed by atoms with Crippen LogP contribution in [0.2, 0.25) is 0 Å². The minimum absolute atomic E-state index is 0.191. The van der Waals surface area contributed by atoms with E-state index in [-0.39, 0.29) is 13.3 Å². The molecule has 8 heteroatoms. The Labute approximate surface area is 167 Å². The van der Waals surface area contributed by atoms with Crippen molar-refractivity contribution in [2.45, 2.75) is 0 Å². The van der Waals surface area contributed by atoms with Gasteiger partial charge in [0.15, 0.2) is 0 Å². The average Bonchev–Trinajstić information content (AvgIpc) is 2.74. The first-order valence-electron chi connectivity index (χ1n) is 8.45. The SMILES string of the molecule is [C-]#[N+]CN(C[N+]#[C-])C(=O)Nc1ccc2ncnc(Nc3cccc(C#C)c3)c2c1. The van der Waals surface area contributed by atoms with Crippen LogP contribution in [0.15, 0.2) is 48.8 Å². The summed E-state index contributed by atoms with van der Waals surface area (Å²) in [4.78, 5) is 28.3. The summed E-state index contributed by atoms with van der Waals surface area (Å²) in [6.07, 6.45) is 6.90. The standard InChI is InChI=1S/C21H15N7O/c1-4-15-6-5-7-16(10-15)26-20-18-11-17(8-9-19(18)24-12-25-20)27-21(29)28(13-22-2)14-23-3/h1,5-12H,13-14H2,(H,27,29)(H,24,25,26). The van der Waals surface area contributed by atoms with E-state index in [4.69, 9.17) is 19.6 Å². The molecule has 3 rings (SSSR count). The normalized spacial score (nSPS) is 9.69. The van der Waals surface area contributed by atoms with E-state index in [2.05, 4.69) is 36.2 Å². The van der Waals surface area contributed by atoms with Crippen LogP contribution >= 0.6 is 0 Å². The Bertz CT molecular complexity index is 1170. The van der Waals surface area contributed by atoms with Crippen LogP contribution in [0.5, 0.6) is 0 Å². The van der Waals surface area contributed by atoms with E-state index in [0.29, 0.717) is 22.4 Å². The Morgan fingerprint density at radius 2 is 1.90 bits per heavy atom. The largest absolute Gasteiger partial charge is 0.340 e. The van der Waals surface area contributed by atoms with Crippen molar-refractivity contribution in [3.63, 3.8) is 0 Å². The predicted octanol–water partition coefficient (Wildman–Crippen LogP) is 3.94. The molecule has 3 aromatic rings. The molecule has 2 aromatic carbocycles. The van der Waals surface area contributed by atoms with Crippen molar-refractivity contribution >= 4 is 34.1 Å². The highest BCUT2D eigenvalue weighted by atomic mass is 16.2.